The molecule has 0 radical (unpaired) electrons. The Kier molecular flexibility index (Phi) is 4.93. The van der Waals surface area contributed by atoms with Gasteiger partial charge < -0.3 is 5.32 Å². The summed E-state index contributed by atoms with van der Waals surface area (Å²) >= 11 is 0. The Morgan fingerprint density at radius 3 is 2.56 bits per heavy atom. The molecule has 1 N–H and O–H groups in total. The van der Waals surface area contributed by atoms with Crippen molar-refractivity contribution in [2.45, 2.75) is 46.7 Å². The number of hydrogen-bond acceptors (Lipinski definition) is 3. The molecule has 0 aliphatic rings. The van der Waals surface area contributed by atoms with Crippen LogP contribution in [0.5, 0.6) is 0 Å². The van der Waals surface area contributed by atoms with Crippen LogP contribution in [-0.2, 0) is 13.0 Å². The normalized spacial score (nSPS) is 15.4. The van der Waals surface area contributed by atoms with Crippen LogP contribution in [0.2, 0.25) is 0 Å². The fourth-order valence-corrected chi connectivity index (χ4v) is 1.69. The van der Waals surface area contributed by atoms with Crippen molar-refractivity contribution in [2.24, 2.45) is 11.8 Å². The molecule has 0 bridgehead atoms. The lowest BCUT2D eigenvalue weighted by Crippen LogP contribution is -2.30. The van der Waals surface area contributed by atoms with Crippen LogP contribution >= 0.6 is 0 Å². The first-order valence-electron chi connectivity index (χ1n) is 6.08. The average molecular weight is 224 g/mol. The van der Waals surface area contributed by atoms with Gasteiger partial charge in [-0.05, 0) is 25.8 Å². The minimum atomic E-state index is 0.504. The Morgan fingerprint density at radius 1 is 1.31 bits per heavy atom. The van der Waals surface area contributed by atoms with Gasteiger partial charge in [-0.15, -0.1) is 0 Å². The fourth-order valence-electron chi connectivity index (χ4n) is 1.69. The summed E-state index contributed by atoms with van der Waals surface area (Å²) in [5.41, 5.74) is 0. The first kappa shape index (κ1) is 13.2. The van der Waals surface area contributed by atoms with Crippen LogP contribution in [0, 0.1) is 11.8 Å². The molecule has 0 aromatic carbocycles. The van der Waals surface area contributed by atoms with E-state index >= 15 is 0 Å². The topological polar surface area (TPSA) is 42.7 Å². The molecule has 4 nitrogen and oxygen atoms in total. The molecule has 1 aromatic rings. The van der Waals surface area contributed by atoms with Gasteiger partial charge in [-0.3, -0.25) is 0 Å². The lowest BCUT2D eigenvalue weighted by Gasteiger charge is -2.19. The van der Waals surface area contributed by atoms with Gasteiger partial charge in [0.2, 0.25) is 0 Å². The minimum Gasteiger partial charge on any atom is -0.317 e. The van der Waals surface area contributed by atoms with Crippen LogP contribution in [-0.4, -0.2) is 27.9 Å². The number of aromatic nitrogens is 3. The van der Waals surface area contributed by atoms with E-state index in [0.717, 1.165) is 18.8 Å². The molecule has 2 unspecified atom stereocenters. The molecule has 0 aliphatic heterocycles. The van der Waals surface area contributed by atoms with Crippen molar-refractivity contribution in [3.8, 4) is 0 Å². The van der Waals surface area contributed by atoms with Gasteiger partial charge in [-0.2, -0.15) is 5.10 Å². The molecule has 0 amide bonds. The Morgan fingerprint density at radius 2 is 2.00 bits per heavy atom. The molecule has 0 saturated heterocycles. The SMILES string of the molecule is CNC(C)C(C)Cc1ncnn1CC(C)C. The molecule has 1 rings (SSSR count). The maximum Gasteiger partial charge on any atom is 0.138 e. The lowest BCUT2D eigenvalue weighted by molar-refractivity contribution is 0.394. The number of hydrogen-bond donors (Lipinski definition) is 1. The maximum absolute atomic E-state index is 4.35. The summed E-state index contributed by atoms with van der Waals surface area (Å²) in [6.07, 6.45) is 2.64. The Labute approximate surface area is 98.5 Å². The number of nitrogens with one attached hydrogen (secondary N) is 1. The second kappa shape index (κ2) is 5.99. The second-order valence-electron chi connectivity index (χ2n) is 5.01. The zero-order valence-electron chi connectivity index (χ0n) is 11.1. The van der Waals surface area contributed by atoms with Gasteiger partial charge in [-0.25, -0.2) is 9.67 Å². The van der Waals surface area contributed by atoms with Crippen LogP contribution in [0.1, 0.15) is 33.5 Å². The third-order valence-electron chi connectivity index (χ3n) is 3.05. The van der Waals surface area contributed by atoms with Gasteiger partial charge in [0.25, 0.3) is 0 Å². The fraction of sp³-hybridized carbons (Fsp3) is 0.833. The van der Waals surface area contributed by atoms with Gasteiger partial charge in [0.1, 0.15) is 12.2 Å². The van der Waals surface area contributed by atoms with E-state index in [-0.39, 0.29) is 0 Å². The lowest BCUT2D eigenvalue weighted by atomic mass is 9.99. The molecule has 16 heavy (non-hydrogen) atoms. The quantitative estimate of drug-likeness (QED) is 0.800. The molecular weight excluding hydrogens is 200 g/mol. The standard InChI is InChI=1S/C12H24N4/c1-9(2)7-16-12(14-8-15-16)6-10(3)11(4)13-5/h8-11,13H,6-7H2,1-5H3. The van der Waals surface area contributed by atoms with Crippen molar-refractivity contribution in [1.29, 1.82) is 0 Å². The molecule has 0 spiro atoms. The van der Waals surface area contributed by atoms with E-state index in [1.54, 1.807) is 6.33 Å². The van der Waals surface area contributed by atoms with E-state index < -0.39 is 0 Å². The Balaban J connectivity index is 2.62. The number of rotatable bonds is 6. The van der Waals surface area contributed by atoms with Crippen molar-refractivity contribution in [3.63, 3.8) is 0 Å². The van der Waals surface area contributed by atoms with Gasteiger partial charge in [0, 0.05) is 19.0 Å². The third-order valence-corrected chi connectivity index (χ3v) is 3.05. The molecule has 92 valence electrons. The molecule has 0 fully saturated rings. The smallest absolute Gasteiger partial charge is 0.138 e. The highest BCUT2D eigenvalue weighted by molar-refractivity contribution is 4.88. The average Bonchev–Trinajstić information content (AvgIpc) is 2.63. The predicted molar refractivity (Wildman–Crippen MR) is 66.2 cm³/mol. The summed E-state index contributed by atoms with van der Waals surface area (Å²) in [7, 11) is 2.00. The van der Waals surface area contributed by atoms with Crippen molar-refractivity contribution < 1.29 is 0 Å². The minimum absolute atomic E-state index is 0.504. The molecule has 0 saturated carbocycles. The summed E-state index contributed by atoms with van der Waals surface area (Å²) in [5, 5.41) is 7.56. The Bertz CT molecular complexity index is 306. The van der Waals surface area contributed by atoms with Crippen LogP contribution in [0.15, 0.2) is 6.33 Å². The molecular formula is C12H24N4. The summed E-state index contributed by atoms with van der Waals surface area (Å²) in [6, 6.07) is 0.504. The van der Waals surface area contributed by atoms with E-state index in [1.807, 2.05) is 11.7 Å². The summed E-state index contributed by atoms with van der Waals surface area (Å²) in [5.74, 6) is 2.28. The van der Waals surface area contributed by atoms with E-state index in [9.17, 15) is 0 Å². The van der Waals surface area contributed by atoms with Crippen molar-refractivity contribution in [3.05, 3.63) is 12.2 Å². The van der Waals surface area contributed by atoms with Crippen molar-refractivity contribution >= 4 is 0 Å². The Hall–Kier alpha value is -0.900. The molecule has 2 atom stereocenters. The highest BCUT2D eigenvalue weighted by atomic mass is 15.3. The largest absolute Gasteiger partial charge is 0.317 e. The highest BCUT2D eigenvalue weighted by Gasteiger charge is 2.14. The molecule has 0 aliphatic carbocycles. The van der Waals surface area contributed by atoms with Crippen LogP contribution in [0.4, 0.5) is 0 Å². The van der Waals surface area contributed by atoms with E-state index in [2.05, 4.69) is 43.1 Å². The second-order valence-corrected chi connectivity index (χ2v) is 5.01. The van der Waals surface area contributed by atoms with E-state index in [0.29, 0.717) is 17.9 Å². The van der Waals surface area contributed by atoms with Gasteiger partial charge in [-0.1, -0.05) is 20.8 Å². The first-order chi connectivity index (χ1) is 7.54. The monoisotopic (exact) mass is 224 g/mol. The van der Waals surface area contributed by atoms with Crippen LogP contribution in [0.3, 0.4) is 0 Å². The first-order valence-corrected chi connectivity index (χ1v) is 6.08. The van der Waals surface area contributed by atoms with Gasteiger partial charge in [0.15, 0.2) is 0 Å². The van der Waals surface area contributed by atoms with Crippen molar-refractivity contribution in [2.75, 3.05) is 7.05 Å². The highest BCUT2D eigenvalue weighted by Crippen LogP contribution is 2.10. The van der Waals surface area contributed by atoms with Gasteiger partial charge >= 0.3 is 0 Å². The zero-order valence-corrected chi connectivity index (χ0v) is 11.1. The summed E-state index contributed by atoms with van der Waals surface area (Å²) in [6.45, 7) is 9.80. The van der Waals surface area contributed by atoms with Crippen molar-refractivity contribution in [1.82, 2.24) is 20.1 Å². The molecule has 4 heteroatoms. The van der Waals surface area contributed by atoms with E-state index in [1.165, 1.54) is 0 Å². The van der Waals surface area contributed by atoms with Crippen LogP contribution < -0.4 is 5.32 Å². The molecule has 1 aromatic heterocycles. The zero-order chi connectivity index (χ0) is 12.1. The van der Waals surface area contributed by atoms with Crippen LogP contribution in [0.25, 0.3) is 0 Å². The third kappa shape index (κ3) is 3.59. The summed E-state index contributed by atoms with van der Waals surface area (Å²) < 4.78 is 2.03. The predicted octanol–water partition coefficient (Wildman–Crippen LogP) is 1.72. The summed E-state index contributed by atoms with van der Waals surface area (Å²) in [4.78, 5) is 4.35. The van der Waals surface area contributed by atoms with E-state index in [4.69, 9.17) is 0 Å². The maximum atomic E-state index is 4.35. The molecule has 1 heterocycles. The number of nitrogens with zero attached hydrogens (tertiary/aromatic N) is 3. The van der Waals surface area contributed by atoms with Gasteiger partial charge in [0.05, 0.1) is 0 Å².